The van der Waals surface area contributed by atoms with E-state index in [-0.39, 0.29) is 0 Å². The van der Waals surface area contributed by atoms with Crippen LogP contribution in [0.2, 0.25) is 0 Å². The van der Waals surface area contributed by atoms with Gasteiger partial charge in [-0.25, -0.2) is 0 Å². The van der Waals surface area contributed by atoms with Crippen LogP contribution in [0.1, 0.15) is 23.3 Å². The molecular weight excluding hydrogens is 268 g/mol. The Bertz CT molecular complexity index is 641. The number of methoxy groups -OCH3 is 1. The van der Waals surface area contributed by atoms with Crippen LogP contribution in [0.4, 0.5) is 5.69 Å². The largest absolute Gasteiger partial charge is 0.497 e. The Labute approximate surface area is 122 Å². The monoisotopic (exact) mass is 284 g/mol. The minimum Gasteiger partial charge on any atom is -0.497 e. The lowest BCUT2D eigenvalue weighted by Gasteiger charge is -2.33. The van der Waals surface area contributed by atoms with E-state index in [1.54, 1.807) is 18.4 Å². The van der Waals surface area contributed by atoms with Gasteiger partial charge >= 0.3 is 0 Å². The average molecular weight is 284 g/mol. The Morgan fingerprint density at radius 1 is 1.30 bits per heavy atom. The van der Waals surface area contributed by atoms with Crippen LogP contribution in [0, 0.1) is 11.3 Å². The number of thiophene rings is 1. The molecule has 102 valence electrons. The normalized spacial score (nSPS) is 20.8. The van der Waals surface area contributed by atoms with Gasteiger partial charge in [0.1, 0.15) is 5.75 Å². The molecule has 0 bridgehead atoms. The van der Waals surface area contributed by atoms with Crippen LogP contribution in [-0.4, -0.2) is 7.11 Å². The molecule has 4 heteroatoms. The number of fused-ring (bicyclic) bond motifs is 1. The van der Waals surface area contributed by atoms with Gasteiger partial charge in [-0.3, -0.25) is 0 Å². The number of anilines is 1. The summed E-state index contributed by atoms with van der Waals surface area (Å²) in [7, 11) is 1.65. The molecule has 1 heterocycles. The summed E-state index contributed by atoms with van der Waals surface area (Å²) in [6.45, 7) is 0. The van der Waals surface area contributed by atoms with Crippen molar-refractivity contribution in [1.82, 2.24) is 0 Å². The molecule has 1 aromatic heterocycles. The zero-order valence-corrected chi connectivity index (χ0v) is 12.2. The van der Waals surface area contributed by atoms with Gasteiger partial charge < -0.3 is 10.1 Å². The average Bonchev–Trinajstić information content (AvgIpc) is 2.98. The predicted molar refractivity (Wildman–Crippen MR) is 81.2 cm³/mol. The lowest BCUT2D eigenvalue weighted by atomic mass is 9.81. The number of rotatable bonds is 3. The molecule has 0 radical (unpaired) electrons. The van der Waals surface area contributed by atoms with Gasteiger partial charge in [-0.2, -0.15) is 5.26 Å². The standard InChI is InChI=1S/C16H16N2OS/c1-19-13-6-4-12(5-7-13)18-16(11-17)9-2-3-15-14(16)8-10-20-15/h4-8,10,18H,2-3,9H2,1H3. The molecule has 0 saturated carbocycles. The van der Waals surface area contributed by atoms with Gasteiger partial charge in [-0.15, -0.1) is 11.3 Å². The Balaban J connectivity index is 1.93. The first-order valence-electron chi connectivity index (χ1n) is 6.68. The number of nitrogens with one attached hydrogen (secondary N) is 1. The van der Waals surface area contributed by atoms with Crippen molar-refractivity contribution in [2.45, 2.75) is 24.8 Å². The summed E-state index contributed by atoms with van der Waals surface area (Å²) in [5.74, 6) is 0.821. The third-order valence-corrected chi connectivity index (χ3v) is 4.78. The topological polar surface area (TPSA) is 45.0 Å². The fourth-order valence-electron chi connectivity index (χ4n) is 2.76. The number of benzene rings is 1. The molecule has 2 aromatic rings. The molecule has 1 unspecified atom stereocenters. The molecule has 1 aliphatic rings. The van der Waals surface area contributed by atoms with Crippen molar-refractivity contribution in [3.8, 4) is 11.8 Å². The molecule has 20 heavy (non-hydrogen) atoms. The fourth-order valence-corrected chi connectivity index (χ4v) is 3.76. The molecule has 3 nitrogen and oxygen atoms in total. The summed E-state index contributed by atoms with van der Waals surface area (Å²) in [6.07, 6.45) is 2.98. The maximum absolute atomic E-state index is 9.74. The zero-order chi connectivity index (χ0) is 14.0. The van der Waals surface area contributed by atoms with E-state index in [9.17, 15) is 5.26 Å². The SMILES string of the molecule is COc1ccc(NC2(C#N)CCCc3sccc32)cc1. The highest BCUT2D eigenvalue weighted by Gasteiger charge is 2.37. The zero-order valence-electron chi connectivity index (χ0n) is 11.3. The lowest BCUT2D eigenvalue weighted by Crippen LogP contribution is -2.36. The first-order valence-corrected chi connectivity index (χ1v) is 7.56. The highest BCUT2D eigenvalue weighted by atomic mass is 32.1. The molecule has 0 saturated heterocycles. The quantitative estimate of drug-likeness (QED) is 0.929. The van der Waals surface area contributed by atoms with E-state index < -0.39 is 5.54 Å². The van der Waals surface area contributed by atoms with Crippen LogP contribution in [0.5, 0.6) is 5.75 Å². The smallest absolute Gasteiger partial charge is 0.152 e. The van der Waals surface area contributed by atoms with Crippen LogP contribution >= 0.6 is 11.3 Å². The summed E-state index contributed by atoms with van der Waals surface area (Å²) >= 11 is 1.75. The van der Waals surface area contributed by atoms with E-state index in [0.29, 0.717) is 0 Å². The van der Waals surface area contributed by atoms with E-state index in [2.05, 4.69) is 22.8 Å². The van der Waals surface area contributed by atoms with Gasteiger partial charge in [0, 0.05) is 16.1 Å². The molecular formula is C16H16N2OS. The summed E-state index contributed by atoms with van der Waals surface area (Å²) in [4.78, 5) is 1.33. The van der Waals surface area contributed by atoms with Gasteiger partial charge in [0.15, 0.2) is 5.54 Å². The fraction of sp³-hybridized carbons (Fsp3) is 0.312. The van der Waals surface area contributed by atoms with E-state index >= 15 is 0 Å². The molecule has 0 aliphatic heterocycles. The van der Waals surface area contributed by atoms with E-state index in [1.807, 2.05) is 24.3 Å². The highest BCUT2D eigenvalue weighted by Crippen LogP contribution is 2.40. The van der Waals surface area contributed by atoms with Gasteiger partial charge in [0.25, 0.3) is 0 Å². The number of aryl methyl sites for hydroxylation is 1. The van der Waals surface area contributed by atoms with Crippen LogP contribution in [0.25, 0.3) is 0 Å². The van der Waals surface area contributed by atoms with Crippen LogP contribution in [0.3, 0.4) is 0 Å². The first kappa shape index (κ1) is 13.0. The third-order valence-electron chi connectivity index (χ3n) is 3.80. The Hall–Kier alpha value is -1.99. The van der Waals surface area contributed by atoms with Crippen molar-refractivity contribution in [3.63, 3.8) is 0 Å². The maximum atomic E-state index is 9.74. The third kappa shape index (κ3) is 2.14. The molecule has 1 aliphatic carbocycles. The first-order chi connectivity index (χ1) is 9.77. The van der Waals surface area contributed by atoms with E-state index in [1.165, 1.54) is 4.88 Å². The Morgan fingerprint density at radius 2 is 2.10 bits per heavy atom. The van der Waals surface area contributed by atoms with Gasteiger partial charge in [-0.1, -0.05) is 0 Å². The van der Waals surface area contributed by atoms with Crippen molar-refractivity contribution in [2.24, 2.45) is 0 Å². The number of hydrogen-bond acceptors (Lipinski definition) is 4. The molecule has 3 rings (SSSR count). The molecule has 0 fully saturated rings. The summed E-state index contributed by atoms with van der Waals surface area (Å²) in [6, 6.07) is 12.3. The second-order valence-electron chi connectivity index (χ2n) is 4.98. The highest BCUT2D eigenvalue weighted by molar-refractivity contribution is 7.10. The number of nitriles is 1. The summed E-state index contributed by atoms with van der Waals surface area (Å²) in [5, 5.41) is 15.2. The predicted octanol–water partition coefficient (Wildman–Crippen LogP) is 3.92. The molecule has 0 amide bonds. The van der Waals surface area contributed by atoms with Gasteiger partial charge in [-0.05, 0) is 55.0 Å². The molecule has 1 N–H and O–H groups in total. The van der Waals surface area contributed by atoms with Crippen molar-refractivity contribution >= 4 is 17.0 Å². The second kappa shape index (κ2) is 5.18. The number of nitrogens with zero attached hydrogens (tertiary/aromatic N) is 1. The van der Waals surface area contributed by atoms with Gasteiger partial charge in [0.05, 0.1) is 13.2 Å². The molecule has 0 spiro atoms. The minimum absolute atomic E-state index is 0.595. The van der Waals surface area contributed by atoms with Crippen LogP contribution in [-0.2, 0) is 12.0 Å². The molecule has 1 aromatic carbocycles. The Morgan fingerprint density at radius 3 is 2.80 bits per heavy atom. The van der Waals surface area contributed by atoms with Gasteiger partial charge in [0.2, 0.25) is 0 Å². The van der Waals surface area contributed by atoms with Crippen LogP contribution in [0.15, 0.2) is 35.7 Å². The van der Waals surface area contributed by atoms with Crippen molar-refractivity contribution in [3.05, 3.63) is 46.2 Å². The number of ether oxygens (including phenoxy) is 1. The van der Waals surface area contributed by atoms with Crippen molar-refractivity contribution < 1.29 is 4.74 Å². The summed E-state index contributed by atoms with van der Waals surface area (Å²) < 4.78 is 5.16. The second-order valence-corrected chi connectivity index (χ2v) is 5.98. The van der Waals surface area contributed by atoms with Crippen molar-refractivity contribution in [2.75, 3.05) is 12.4 Å². The summed E-state index contributed by atoms with van der Waals surface area (Å²) in [5.41, 5.74) is 1.50. The molecule has 1 atom stereocenters. The maximum Gasteiger partial charge on any atom is 0.152 e. The number of hydrogen-bond donors (Lipinski definition) is 1. The van der Waals surface area contributed by atoms with Crippen molar-refractivity contribution in [1.29, 1.82) is 5.26 Å². The minimum atomic E-state index is -0.595. The van der Waals surface area contributed by atoms with Crippen LogP contribution < -0.4 is 10.1 Å². The Kier molecular flexibility index (Phi) is 3.37. The van der Waals surface area contributed by atoms with E-state index in [4.69, 9.17) is 4.74 Å². The van der Waals surface area contributed by atoms with E-state index in [0.717, 1.165) is 36.3 Å². The lowest BCUT2D eigenvalue weighted by molar-refractivity contribution is 0.415.